The second-order valence-electron chi connectivity index (χ2n) is 6.34. The average molecular weight is 327 g/mol. The lowest BCUT2D eigenvalue weighted by Gasteiger charge is -2.32. The van der Waals surface area contributed by atoms with Gasteiger partial charge in [-0.1, -0.05) is 0 Å². The number of nitrogens with zero attached hydrogens (tertiary/aromatic N) is 2. The summed E-state index contributed by atoms with van der Waals surface area (Å²) in [5.41, 5.74) is 8.14. The zero-order valence-corrected chi connectivity index (χ0v) is 13.5. The Kier molecular flexibility index (Phi) is 4.08. The number of ether oxygens (including phenoxy) is 1. The first-order chi connectivity index (χ1) is 11.8. The van der Waals surface area contributed by atoms with Gasteiger partial charge in [-0.15, -0.1) is 0 Å². The van der Waals surface area contributed by atoms with Crippen molar-refractivity contribution in [1.82, 2.24) is 9.88 Å². The molecule has 1 aliphatic carbocycles. The number of furan rings is 1. The van der Waals surface area contributed by atoms with Crippen molar-refractivity contribution in [3.05, 3.63) is 53.2 Å². The summed E-state index contributed by atoms with van der Waals surface area (Å²) in [6.45, 7) is 1.98. The molecule has 1 unspecified atom stereocenters. The third-order valence-corrected chi connectivity index (χ3v) is 4.60. The lowest BCUT2D eigenvalue weighted by molar-refractivity contribution is -0.0321. The van der Waals surface area contributed by atoms with Crippen molar-refractivity contribution in [3.63, 3.8) is 0 Å². The largest absolute Gasteiger partial charge is 0.467 e. The van der Waals surface area contributed by atoms with Crippen molar-refractivity contribution in [2.45, 2.75) is 31.4 Å². The predicted molar refractivity (Wildman–Crippen MR) is 87.4 cm³/mol. The molecular weight excluding hydrogens is 306 g/mol. The lowest BCUT2D eigenvalue weighted by atomic mass is 10.1. The first-order valence-electron chi connectivity index (χ1n) is 8.40. The van der Waals surface area contributed by atoms with Crippen LogP contribution in [0.5, 0.6) is 0 Å². The Labute approximate surface area is 140 Å². The summed E-state index contributed by atoms with van der Waals surface area (Å²) in [7, 11) is 0. The number of hydrogen-bond donors (Lipinski definition) is 1. The maximum absolute atomic E-state index is 13.0. The van der Waals surface area contributed by atoms with Gasteiger partial charge in [-0.05, 0) is 37.1 Å². The molecule has 2 N–H and O–H groups in total. The van der Waals surface area contributed by atoms with Gasteiger partial charge in [0.15, 0.2) is 0 Å². The molecule has 24 heavy (non-hydrogen) atoms. The monoisotopic (exact) mass is 327 g/mol. The van der Waals surface area contributed by atoms with Gasteiger partial charge >= 0.3 is 0 Å². The first kappa shape index (κ1) is 15.4. The van der Waals surface area contributed by atoms with Crippen molar-refractivity contribution in [1.29, 1.82) is 0 Å². The number of carbonyl (C=O) groups excluding carboxylic acids is 1. The van der Waals surface area contributed by atoms with E-state index in [0.717, 1.165) is 30.0 Å². The molecule has 1 aliphatic heterocycles. The summed E-state index contributed by atoms with van der Waals surface area (Å²) in [5.74, 6) is 1.18. The Morgan fingerprint density at radius 2 is 2.21 bits per heavy atom. The quantitative estimate of drug-likeness (QED) is 0.931. The topological polar surface area (TPSA) is 81.6 Å². The SMILES string of the molecule is NCc1ccc(C(=O)N2CCOC(c3ccco3)C2)c(C2CC2)n1. The van der Waals surface area contributed by atoms with Gasteiger partial charge in [-0.2, -0.15) is 0 Å². The molecule has 0 bridgehead atoms. The molecule has 2 aromatic heterocycles. The maximum Gasteiger partial charge on any atom is 0.255 e. The van der Waals surface area contributed by atoms with Crippen LogP contribution < -0.4 is 5.73 Å². The summed E-state index contributed by atoms with van der Waals surface area (Å²) >= 11 is 0. The minimum Gasteiger partial charge on any atom is -0.467 e. The van der Waals surface area contributed by atoms with Crippen molar-refractivity contribution < 1.29 is 13.9 Å². The van der Waals surface area contributed by atoms with Crippen LogP contribution in [0.1, 0.15) is 52.4 Å². The van der Waals surface area contributed by atoms with Crippen LogP contribution in [0, 0.1) is 0 Å². The molecule has 0 radical (unpaired) electrons. The van der Waals surface area contributed by atoms with Crippen LogP contribution in [0.3, 0.4) is 0 Å². The van der Waals surface area contributed by atoms with Gasteiger partial charge in [-0.25, -0.2) is 0 Å². The van der Waals surface area contributed by atoms with E-state index in [1.54, 1.807) is 6.26 Å². The highest BCUT2D eigenvalue weighted by Gasteiger charge is 2.33. The Balaban J connectivity index is 1.57. The normalized spacial score (nSPS) is 21.0. The fraction of sp³-hybridized carbons (Fsp3) is 0.444. The smallest absolute Gasteiger partial charge is 0.255 e. The van der Waals surface area contributed by atoms with E-state index in [9.17, 15) is 4.79 Å². The van der Waals surface area contributed by atoms with Crippen molar-refractivity contribution >= 4 is 5.91 Å². The molecule has 3 heterocycles. The highest BCUT2D eigenvalue weighted by atomic mass is 16.5. The Hall–Kier alpha value is -2.18. The van der Waals surface area contributed by atoms with E-state index >= 15 is 0 Å². The van der Waals surface area contributed by atoms with Gasteiger partial charge < -0.3 is 19.8 Å². The minimum absolute atomic E-state index is 0.0211. The highest BCUT2D eigenvalue weighted by Crippen LogP contribution is 2.41. The van der Waals surface area contributed by atoms with Crippen molar-refractivity contribution in [2.24, 2.45) is 5.73 Å². The summed E-state index contributed by atoms with van der Waals surface area (Å²) in [5, 5.41) is 0. The third kappa shape index (κ3) is 2.95. The van der Waals surface area contributed by atoms with E-state index in [1.807, 2.05) is 29.2 Å². The number of amides is 1. The highest BCUT2D eigenvalue weighted by molar-refractivity contribution is 5.95. The Bertz CT molecular complexity index is 725. The molecule has 6 nitrogen and oxygen atoms in total. The van der Waals surface area contributed by atoms with Gasteiger partial charge in [-0.3, -0.25) is 9.78 Å². The molecule has 0 aromatic carbocycles. The van der Waals surface area contributed by atoms with E-state index in [0.29, 0.717) is 37.7 Å². The van der Waals surface area contributed by atoms with Crippen LogP contribution >= 0.6 is 0 Å². The minimum atomic E-state index is -0.210. The molecule has 1 saturated heterocycles. The Morgan fingerprint density at radius 1 is 1.33 bits per heavy atom. The predicted octanol–water partition coefficient (Wildman–Crippen LogP) is 2.22. The number of nitrogens with two attached hydrogens (primary N) is 1. The lowest BCUT2D eigenvalue weighted by Crippen LogP contribution is -2.42. The first-order valence-corrected chi connectivity index (χ1v) is 8.40. The molecule has 0 spiro atoms. The number of rotatable bonds is 4. The number of morpholine rings is 1. The van der Waals surface area contributed by atoms with Crippen LogP contribution in [-0.4, -0.2) is 35.5 Å². The second kappa shape index (κ2) is 6.37. The summed E-state index contributed by atoms with van der Waals surface area (Å²) in [6, 6.07) is 7.44. The van der Waals surface area contributed by atoms with Crippen LogP contribution in [0.4, 0.5) is 0 Å². The van der Waals surface area contributed by atoms with Gasteiger partial charge in [0, 0.05) is 19.0 Å². The van der Waals surface area contributed by atoms with E-state index in [-0.39, 0.29) is 12.0 Å². The van der Waals surface area contributed by atoms with Crippen LogP contribution in [0.15, 0.2) is 34.9 Å². The van der Waals surface area contributed by atoms with E-state index in [4.69, 9.17) is 14.9 Å². The summed E-state index contributed by atoms with van der Waals surface area (Å²) in [6.07, 6.45) is 3.61. The summed E-state index contributed by atoms with van der Waals surface area (Å²) in [4.78, 5) is 19.5. The number of carbonyl (C=O) groups is 1. The van der Waals surface area contributed by atoms with E-state index < -0.39 is 0 Å². The standard InChI is InChI=1S/C18H21N3O3/c19-10-13-5-6-14(17(20-13)12-3-4-12)18(22)21-7-9-24-16(11-21)15-2-1-8-23-15/h1-2,5-6,8,12,16H,3-4,7,9-11,19H2. The Morgan fingerprint density at radius 3 is 2.92 bits per heavy atom. The second-order valence-corrected chi connectivity index (χ2v) is 6.34. The van der Waals surface area contributed by atoms with Crippen LogP contribution in [-0.2, 0) is 11.3 Å². The molecule has 2 aromatic rings. The van der Waals surface area contributed by atoms with Crippen molar-refractivity contribution in [3.8, 4) is 0 Å². The van der Waals surface area contributed by atoms with Crippen molar-refractivity contribution in [2.75, 3.05) is 19.7 Å². The van der Waals surface area contributed by atoms with E-state index in [2.05, 4.69) is 4.98 Å². The molecule has 1 atom stereocenters. The molecule has 2 aliphatic rings. The molecule has 6 heteroatoms. The number of hydrogen-bond acceptors (Lipinski definition) is 5. The molecule has 2 fully saturated rings. The van der Waals surface area contributed by atoms with Gasteiger partial charge in [0.25, 0.3) is 5.91 Å². The van der Waals surface area contributed by atoms with Gasteiger partial charge in [0.2, 0.25) is 0 Å². The average Bonchev–Trinajstić information content (AvgIpc) is 3.34. The number of aromatic nitrogens is 1. The number of pyridine rings is 1. The van der Waals surface area contributed by atoms with Crippen LogP contribution in [0.2, 0.25) is 0 Å². The molecule has 1 amide bonds. The fourth-order valence-electron chi connectivity index (χ4n) is 3.13. The van der Waals surface area contributed by atoms with Crippen LogP contribution in [0.25, 0.3) is 0 Å². The third-order valence-electron chi connectivity index (χ3n) is 4.60. The molecule has 126 valence electrons. The molecular formula is C18H21N3O3. The zero-order chi connectivity index (χ0) is 16.5. The molecule has 1 saturated carbocycles. The van der Waals surface area contributed by atoms with Gasteiger partial charge in [0.1, 0.15) is 11.9 Å². The molecule has 4 rings (SSSR count). The summed E-state index contributed by atoms with van der Waals surface area (Å²) < 4.78 is 11.2. The zero-order valence-electron chi connectivity index (χ0n) is 13.5. The van der Waals surface area contributed by atoms with Gasteiger partial charge in [0.05, 0.1) is 36.4 Å². The fourth-order valence-corrected chi connectivity index (χ4v) is 3.13. The maximum atomic E-state index is 13.0. The van der Waals surface area contributed by atoms with E-state index in [1.165, 1.54) is 0 Å².